The highest BCUT2D eigenvalue weighted by Gasteiger charge is 2.22. The van der Waals surface area contributed by atoms with Crippen LogP contribution in [0.3, 0.4) is 0 Å². The van der Waals surface area contributed by atoms with E-state index in [9.17, 15) is 0 Å². The van der Waals surface area contributed by atoms with E-state index in [1.54, 1.807) is 0 Å². The zero-order valence-electron chi connectivity index (χ0n) is 18.1. The summed E-state index contributed by atoms with van der Waals surface area (Å²) in [5, 5.41) is 10.6. The summed E-state index contributed by atoms with van der Waals surface area (Å²) in [6, 6.07) is 20.0. The Morgan fingerprint density at radius 1 is 0.968 bits per heavy atom. The first kappa shape index (κ1) is 21.3. The predicted molar refractivity (Wildman–Crippen MR) is 127 cm³/mol. The molecule has 1 nitrogen and oxygen atoms in total. The van der Waals surface area contributed by atoms with Gasteiger partial charge in [0.05, 0.1) is 11.6 Å². The van der Waals surface area contributed by atoms with Gasteiger partial charge >= 0.3 is 0 Å². The number of nitriles is 1. The van der Waals surface area contributed by atoms with Crippen LogP contribution < -0.4 is 0 Å². The Morgan fingerprint density at radius 3 is 2.45 bits per heavy atom. The Hall–Kier alpha value is -2.92. The van der Waals surface area contributed by atoms with Gasteiger partial charge in [-0.25, -0.2) is 4.39 Å². The average molecular weight is 412 g/mol. The molecule has 0 bridgehead atoms. The summed E-state index contributed by atoms with van der Waals surface area (Å²) < 4.78 is 15.2. The van der Waals surface area contributed by atoms with Gasteiger partial charge in [0.2, 0.25) is 0 Å². The highest BCUT2D eigenvalue weighted by molar-refractivity contribution is 5.84. The zero-order chi connectivity index (χ0) is 21.6. The maximum Gasteiger partial charge on any atom is 0.134 e. The molecule has 0 amide bonds. The van der Waals surface area contributed by atoms with Gasteiger partial charge in [0, 0.05) is 5.39 Å². The smallest absolute Gasteiger partial charge is 0.134 e. The lowest BCUT2D eigenvalue weighted by Crippen LogP contribution is -2.13. The fourth-order valence-corrected chi connectivity index (χ4v) is 4.97. The molecule has 1 saturated carbocycles. The lowest BCUT2D eigenvalue weighted by atomic mass is 9.77. The van der Waals surface area contributed by atoms with Gasteiger partial charge in [-0.15, -0.1) is 6.58 Å². The zero-order valence-corrected chi connectivity index (χ0v) is 18.1. The van der Waals surface area contributed by atoms with Gasteiger partial charge in [0.15, 0.2) is 0 Å². The van der Waals surface area contributed by atoms with Crippen molar-refractivity contribution in [1.82, 2.24) is 0 Å². The van der Waals surface area contributed by atoms with Crippen molar-refractivity contribution in [3.8, 4) is 6.07 Å². The standard InChI is InChI=1S/C29H30FN/c1-2-3-4-21-9-12-24(13-10-21)26-17-18-28-27(19-26)16-15-25(29(28)30)14-11-22-5-7-23(20-31)8-6-22/h2,5-8,15-19,21,24H,1,3-4,9-14H2. The molecule has 158 valence electrons. The first-order chi connectivity index (χ1) is 15.2. The number of hydrogen-bond acceptors (Lipinski definition) is 1. The topological polar surface area (TPSA) is 23.8 Å². The number of halogens is 1. The van der Waals surface area contributed by atoms with Crippen LogP contribution in [-0.4, -0.2) is 0 Å². The molecule has 31 heavy (non-hydrogen) atoms. The van der Waals surface area contributed by atoms with Crippen LogP contribution in [0.5, 0.6) is 0 Å². The number of allylic oxidation sites excluding steroid dienone is 1. The SMILES string of the molecule is C=CCCC1CCC(c2ccc3c(F)c(CCc4ccc(C#N)cc4)ccc3c2)CC1. The molecule has 1 aliphatic rings. The van der Waals surface area contributed by atoms with Crippen LogP contribution in [-0.2, 0) is 12.8 Å². The van der Waals surface area contributed by atoms with Gasteiger partial charge < -0.3 is 0 Å². The van der Waals surface area contributed by atoms with E-state index < -0.39 is 0 Å². The first-order valence-corrected chi connectivity index (χ1v) is 11.5. The summed E-state index contributed by atoms with van der Waals surface area (Å²) >= 11 is 0. The summed E-state index contributed by atoms with van der Waals surface area (Å²) in [4.78, 5) is 0. The third kappa shape index (κ3) is 5.05. The van der Waals surface area contributed by atoms with Crippen molar-refractivity contribution in [3.05, 3.63) is 95.3 Å². The largest absolute Gasteiger partial charge is 0.206 e. The molecule has 1 fully saturated rings. The van der Waals surface area contributed by atoms with Crippen LogP contribution in [0, 0.1) is 23.1 Å². The van der Waals surface area contributed by atoms with Crippen molar-refractivity contribution in [1.29, 1.82) is 5.26 Å². The van der Waals surface area contributed by atoms with E-state index in [2.05, 4.69) is 30.8 Å². The second kappa shape index (κ2) is 9.92. The van der Waals surface area contributed by atoms with Crippen LogP contribution >= 0.6 is 0 Å². The lowest BCUT2D eigenvalue weighted by Gasteiger charge is -2.28. The Balaban J connectivity index is 1.44. The van der Waals surface area contributed by atoms with E-state index in [1.165, 1.54) is 37.7 Å². The molecule has 0 heterocycles. The van der Waals surface area contributed by atoms with Gasteiger partial charge in [-0.1, -0.05) is 48.5 Å². The quantitative estimate of drug-likeness (QED) is 0.363. The number of benzene rings is 3. The number of fused-ring (bicyclic) bond motifs is 1. The lowest BCUT2D eigenvalue weighted by molar-refractivity contribution is 0.312. The van der Waals surface area contributed by atoms with Crippen LogP contribution in [0.25, 0.3) is 10.8 Å². The second-order valence-electron chi connectivity index (χ2n) is 8.91. The number of hydrogen-bond donors (Lipinski definition) is 0. The van der Waals surface area contributed by atoms with Crippen molar-refractivity contribution < 1.29 is 4.39 Å². The number of aryl methyl sites for hydroxylation is 2. The molecule has 4 rings (SSSR count). The van der Waals surface area contributed by atoms with Crippen molar-refractivity contribution in [2.45, 2.75) is 57.3 Å². The van der Waals surface area contributed by atoms with E-state index in [4.69, 9.17) is 5.26 Å². The third-order valence-electron chi connectivity index (χ3n) is 6.92. The summed E-state index contributed by atoms with van der Waals surface area (Å²) in [6.07, 6.45) is 10.9. The highest BCUT2D eigenvalue weighted by atomic mass is 19.1. The average Bonchev–Trinajstić information content (AvgIpc) is 2.83. The fourth-order valence-electron chi connectivity index (χ4n) is 4.97. The Morgan fingerprint density at radius 2 is 1.74 bits per heavy atom. The molecule has 0 aromatic heterocycles. The molecule has 0 atom stereocenters. The number of rotatable bonds is 7. The summed E-state index contributed by atoms with van der Waals surface area (Å²) in [5.74, 6) is 1.35. The van der Waals surface area contributed by atoms with Gasteiger partial charge in [-0.3, -0.25) is 0 Å². The molecular weight excluding hydrogens is 381 g/mol. The summed E-state index contributed by atoms with van der Waals surface area (Å²) in [5.41, 5.74) is 3.89. The molecule has 0 saturated heterocycles. The molecule has 1 aliphatic carbocycles. The van der Waals surface area contributed by atoms with E-state index >= 15 is 4.39 Å². The minimum atomic E-state index is -0.0918. The molecule has 3 aromatic carbocycles. The predicted octanol–water partition coefficient (Wildman–Crippen LogP) is 7.88. The minimum absolute atomic E-state index is 0.0918. The summed E-state index contributed by atoms with van der Waals surface area (Å²) in [7, 11) is 0. The van der Waals surface area contributed by atoms with Crippen LogP contribution in [0.2, 0.25) is 0 Å². The van der Waals surface area contributed by atoms with Gasteiger partial charge in [0.1, 0.15) is 5.82 Å². The Bertz CT molecular complexity index is 1080. The maximum atomic E-state index is 15.2. The molecule has 3 aromatic rings. The van der Waals surface area contributed by atoms with E-state index in [1.807, 2.05) is 42.5 Å². The van der Waals surface area contributed by atoms with Crippen molar-refractivity contribution in [2.24, 2.45) is 5.92 Å². The molecule has 0 unspecified atom stereocenters. The Kier molecular flexibility index (Phi) is 6.82. The molecular formula is C29H30FN. The minimum Gasteiger partial charge on any atom is -0.206 e. The van der Waals surface area contributed by atoms with E-state index in [0.29, 0.717) is 17.9 Å². The monoisotopic (exact) mass is 411 g/mol. The normalized spacial score (nSPS) is 18.6. The Labute approximate surface area is 185 Å². The van der Waals surface area contributed by atoms with Crippen molar-refractivity contribution >= 4 is 10.8 Å². The van der Waals surface area contributed by atoms with Gasteiger partial charge in [-0.05, 0) is 97.4 Å². The van der Waals surface area contributed by atoms with Crippen LogP contribution in [0.4, 0.5) is 4.39 Å². The van der Waals surface area contributed by atoms with Gasteiger partial charge in [-0.2, -0.15) is 5.26 Å². The molecule has 0 N–H and O–H groups in total. The van der Waals surface area contributed by atoms with E-state index in [0.717, 1.165) is 40.7 Å². The summed E-state index contributed by atoms with van der Waals surface area (Å²) in [6.45, 7) is 3.84. The molecule has 0 aliphatic heterocycles. The molecule has 0 spiro atoms. The second-order valence-corrected chi connectivity index (χ2v) is 8.91. The molecule has 2 heteroatoms. The van der Waals surface area contributed by atoms with Crippen LogP contribution in [0.15, 0.2) is 67.3 Å². The molecule has 0 radical (unpaired) electrons. The van der Waals surface area contributed by atoms with E-state index in [-0.39, 0.29) is 5.82 Å². The highest BCUT2D eigenvalue weighted by Crippen LogP contribution is 2.38. The van der Waals surface area contributed by atoms with Crippen LogP contribution in [0.1, 0.15) is 66.7 Å². The fraction of sp³-hybridized carbons (Fsp3) is 0.345. The number of nitrogens with zero attached hydrogens (tertiary/aromatic N) is 1. The first-order valence-electron chi connectivity index (χ1n) is 11.5. The van der Waals surface area contributed by atoms with Gasteiger partial charge in [0.25, 0.3) is 0 Å². The maximum absolute atomic E-state index is 15.2. The van der Waals surface area contributed by atoms with Crippen molar-refractivity contribution in [3.63, 3.8) is 0 Å². The van der Waals surface area contributed by atoms with Crippen molar-refractivity contribution in [2.75, 3.05) is 0 Å². The third-order valence-corrected chi connectivity index (χ3v) is 6.92.